The van der Waals surface area contributed by atoms with E-state index < -0.39 is 0 Å². The Bertz CT molecular complexity index is 578. The summed E-state index contributed by atoms with van der Waals surface area (Å²) < 4.78 is 5.12. The van der Waals surface area contributed by atoms with Crippen LogP contribution in [0, 0.1) is 5.92 Å². The van der Waals surface area contributed by atoms with Gasteiger partial charge in [0.2, 0.25) is 5.91 Å². The maximum atomic E-state index is 12.6. The van der Waals surface area contributed by atoms with Crippen molar-refractivity contribution in [2.75, 3.05) is 31.6 Å². The fourth-order valence-corrected chi connectivity index (χ4v) is 3.44. The molecule has 1 aliphatic rings. The molecule has 0 aromatic heterocycles. The smallest absolute Gasteiger partial charge is 0.310 e. The highest BCUT2D eigenvalue weighted by Gasteiger charge is 2.27. The standard InChI is InChI=1S/C20H30N2O3/c1-4-15-9-7-10-16(5-2)19(15)21-18(23)14-22-12-8-11-17(13-22)20(24)25-6-3/h7,9-10,17H,4-6,8,11-14H2,1-3H3,(H,21,23)/t17-/m1/s1. The lowest BCUT2D eigenvalue weighted by molar-refractivity contribution is -0.150. The number of amides is 1. The summed E-state index contributed by atoms with van der Waals surface area (Å²) in [6.07, 6.45) is 3.54. The predicted molar refractivity (Wildman–Crippen MR) is 99.6 cm³/mol. The van der Waals surface area contributed by atoms with Crippen LogP contribution in [0.25, 0.3) is 0 Å². The Balaban J connectivity index is 1.97. The second kappa shape index (κ2) is 9.56. The summed E-state index contributed by atoms with van der Waals surface area (Å²) in [6.45, 7) is 8.18. The number of anilines is 1. The Morgan fingerprint density at radius 2 is 1.88 bits per heavy atom. The first-order chi connectivity index (χ1) is 12.1. The van der Waals surface area contributed by atoms with E-state index in [1.807, 2.05) is 13.0 Å². The van der Waals surface area contributed by atoms with Gasteiger partial charge in [0.05, 0.1) is 19.1 Å². The highest BCUT2D eigenvalue weighted by Crippen LogP contribution is 2.23. The average Bonchev–Trinajstić information content (AvgIpc) is 2.62. The van der Waals surface area contributed by atoms with E-state index in [1.165, 1.54) is 0 Å². The Morgan fingerprint density at radius 3 is 2.48 bits per heavy atom. The van der Waals surface area contributed by atoms with Gasteiger partial charge in [-0.25, -0.2) is 0 Å². The van der Waals surface area contributed by atoms with Crippen LogP contribution in [0.15, 0.2) is 18.2 Å². The Hall–Kier alpha value is -1.88. The SMILES string of the molecule is CCOC(=O)[C@@H]1CCCN(CC(=O)Nc2c(CC)cccc2CC)C1. The van der Waals surface area contributed by atoms with E-state index >= 15 is 0 Å². The van der Waals surface area contributed by atoms with Gasteiger partial charge in [-0.05, 0) is 50.3 Å². The lowest BCUT2D eigenvalue weighted by Gasteiger charge is -2.31. The fourth-order valence-electron chi connectivity index (χ4n) is 3.44. The Morgan fingerprint density at radius 1 is 1.20 bits per heavy atom. The summed E-state index contributed by atoms with van der Waals surface area (Å²) in [5, 5.41) is 3.10. The summed E-state index contributed by atoms with van der Waals surface area (Å²) in [4.78, 5) is 26.5. The average molecular weight is 346 g/mol. The van der Waals surface area contributed by atoms with Gasteiger partial charge in [-0.3, -0.25) is 14.5 Å². The van der Waals surface area contributed by atoms with Gasteiger partial charge in [0.15, 0.2) is 0 Å². The third-order valence-corrected chi connectivity index (χ3v) is 4.76. The van der Waals surface area contributed by atoms with Crippen LogP contribution in [0.4, 0.5) is 5.69 Å². The van der Waals surface area contributed by atoms with E-state index in [-0.39, 0.29) is 17.8 Å². The Kier molecular flexibility index (Phi) is 7.44. The maximum absolute atomic E-state index is 12.6. The number of carbonyl (C=O) groups is 2. The molecule has 1 N–H and O–H groups in total. The monoisotopic (exact) mass is 346 g/mol. The predicted octanol–water partition coefficient (Wildman–Crippen LogP) is 3.03. The third kappa shape index (κ3) is 5.30. The van der Waals surface area contributed by atoms with Crippen molar-refractivity contribution < 1.29 is 14.3 Å². The van der Waals surface area contributed by atoms with Crippen molar-refractivity contribution in [1.29, 1.82) is 0 Å². The summed E-state index contributed by atoms with van der Waals surface area (Å²) in [6, 6.07) is 6.17. The molecule has 1 fully saturated rings. The largest absolute Gasteiger partial charge is 0.466 e. The number of hydrogen-bond acceptors (Lipinski definition) is 4. The molecule has 5 nitrogen and oxygen atoms in total. The van der Waals surface area contributed by atoms with Crippen LogP contribution in [-0.2, 0) is 27.2 Å². The zero-order valence-electron chi connectivity index (χ0n) is 15.6. The molecule has 0 unspecified atom stereocenters. The number of likely N-dealkylation sites (tertiary alicyclic amines) is 1. The topological polar surface area (TPSA) is 58.6 Å². The molecule has 25 heavy (non-hydrogen) atoms. The zero-order chi connectivity index (χ0) is 18.2. The number of para-hydroxylation sites is 1. The molecule has 1 aromatic rings. The van der Waals surface area contributed by atoms with Crippen LogP contribution in [0.2, 0.25) is 0 Å². The molecule has 2 rings (SSSR count). The van der Waals surface area contributed by atoms with Crippen LogP contribution in [-0.4, -0.2) is 43.0 Å². The van der Waals surface area contributed by atoms with Gasteiger partial charge in [0.1, 0.15) is 0 Å². The van der Waals surface area contributed by atoms with Crippen molar-refractivity contribution in [3.8, 4) is 0 Å². The van der Waals surface area contributed by atoms with Gasteiger partial charge in [-0.15, -0.1) is 0 Å². The molecule has 138 valence electrons. The van der Waals surface area contributed by atoms with E-state index in [0.29, 0.717) is 19.7 Å². The number of carbonyl (C=O) groups excluding carboxylic acids is 2. The highest BCUT2D eigenvalue weighted by atomic mass is 16.5. The number of nitrogens with one attached hydrogen (secondary N) is 1. The van der Waals surface area contributed by atoms with Gasteiger partial charge >= 0.3 is 5.97 Å². The molecule has 1 amide bonds. The summed E-state index contributed by atoms with van der Waals surface area (Å²) in [5.74, 6) is -0.270. The first-order valence-electron chi connectivity index (χ1n) is 9.38. The highest BCUT2D eigenvalue weighted by molar-refractivity contribution is 5.94. The lowest BCUT2D eigenvalue weighted by Crippen LogP contribution is -2.43. The van der Waals surface area contributed by atoms with E-state index in [0.717, 1.165) is 49.0 Å². The maximum Gasteiger partial charge on any atom is 0.310 e. The van der Waals surface area contributed by atoms with E-state index in [1.54, 1.807) is 0 Å². The normalized spacial score (nSPS) is 18.0. The number of ether oxygens (including phenoxy) is 1. The van der Waals surface area contributed by atoms with Crippen molar-refractivity contribution >= 4 is 17.6 Å². The van der Waals surface area contributed by atoms with Gasteiger partial charge < -0.3 is 10.1 Å². The summed E-state index contributed by atoms with van der Waals surface area (Å²) in [7, 11) is 0. The second-order valence-corrected chi connectivity index (χ2v) is 6.53. The minimum absolute atomic E-state index is 0.0138. The molecule has 5 heteroatoms. The van der Waals surface area contributed by atoms with Gasteiger partial charge in [0.25, 0.3) is 0 Å². The molecular weight excluding hydrogens is 316 g/mol. The quantitative estimate of drug-likeness (QED) is 0.771. The minimum atomic E-state index is -0.141. The molecule has 1 saturated heterocycles. The van der Waals surface area contributed by atoms with Crippen molar-refractivity contribution in [2.45, 2.75) is 46.5 Å². The van der Waals surface area contributed by atoms with Crippen molar-refractivity contribution in [3.63, 3.8) is 0 Å². The molecule has 0 bridgehead atoms. The van der Waals surface area contributed by atoms with Crippen molar-refractivity contribution in [2.24, 2.45) is 5.92 Å². The molecular formula is C20H30N2O3. The Labute approximate surface area is 150 Å². The van der Waals surface area contributed by atoms with Crippen LogP contribution in [0.3, 0.4) is 0 Å². The van der Waals surface area contributed by atoms with Crippen LogP contribution in [0.5, 0.6) is 0 Å². The van der Waals surface area contributed by atoms with Crippen LogP contribution in [0.1, 0.15) is 44.7 Å². The summed E-state index contributed by atoms with van der Waals surface area (Å²) >= 11 is 0. The second-order valence-electron chi connectivity index (χ2n) is 6.53. The van der Waals surface area contributed by atoms with Crippen molar-refractivity contribution in [1.82, 2.24) is 4.90 Å². The first-order valence-corrected chi connectivity index (χ1v) is 9.38. The number of piperidine rings is 1. The van der Waals surface area contributed by atoms with Crippen LogP contribution < -0.4 is 5.32 Å². The molecule has 0 aliphatic carbocycles. The molecule has 1 atom stereocenters. The van der Waals surface area contributed by atoms with E-state index in [2.05, 4.69) is 36.2 Å². The zero-order valence-corrected chi connectivity index (χ0v) is 15.6. The number of aryl methyl sites for hydroxylation is 2. The third-order valence-electron chi connectivity index (χ3n) is 4.76. The molecule has 1 aromatic carbocycles. The fraction of sp³-hybridized carbons (Fsp3) is 0.600. The number of rotatable bonds is 7. The molecule has 0 radical (unpaired) electrons. The van der Waals surface area contributed by atoms with Crippen molar-refractivity contribution in [3.05, 3.63) is 29.3 Å². The molecule has 1 aliphatic heterocycles. The number of hydrogen-bond donors (Lipinski definition) is 1. The molecule has 0 spiro atoms. The van der Waals surface area contributed by atoms with Crippen LogP contribution >= 0.6 is 0 Å². The first kappa shape index (κ1) is 19.4. The molecule has 1 heterocycles. The van der Waals surface area contributed by atoms with Gasteiger partial charge in [-0.2, -0.15) is 0 Å². The van der Waals surface area contributed by atoms with Gasteiger partial charge in [-0.1, -0.05) is 32.0 Å². The van der Waals surface area contributed by atoms with E-state index in [9.17, 15) is 9.59 Å². The summed E-state index contributed by atoms with van der Waals surface area (Å²) in [5.41, 5.74) is 3.28. The number of benzene rings is 1. The van der Waals surface area contributed by atoms with Gasteiger partial charge in [0, 0.05) is 12.2 Å². The molecule has 0 saturated carbocycles. The van der Waals surface area contributed by atoms with E-state index in [4.69, 9.17) is 4.74 Å². The minimum Gasteiger partial charge on any atom is -0.466 e. The lowest BCUT2D eigenvalue weighted by atomic mass is 9.98. The number of esters is 1. The number of nitrogens with zero attached hydrogens (tertiary/aromatic N) is 1.